The predicted molar refractivity (Wildman–Crippen MR) is 115 cm³/mol. The summed E-state index contributed by atoms with van der Waals surface area (Å²) in [5.74, 6) is 1.60. The van der Waals surface area contributed by atoms with Crippen molar-refractivity contribution in [2.45, 2.75) is 44.6 Å². The number of aliphatic hydroxyl groups is 1. The molecule has 0 saturated carbocycles. The van der Waals surface area contributed by atoms with Crippen LogP contribution in [-0.4, -0.2) is 62.2 Å². The van der Waals surface area contributed by atoms with Gasteiger partial charge in [0, 0.05) is 42.9 Å². The van der Waals surface area contributed by atoms with Crippen molar-refractivity contribution in [2.24, 2.45) is 0 Å². The minimum atomic E-state index is 0.229. The fourth-order valence-electron chi connectivity index (χ4n) is 4.43. The molecule has 0 atom stereocenters. The fourth-order valence-corrected chi connectivity index (χ4v) is 5.69. The summed E-state index contributed by atoms with van der Waals surface area (Å²) in [4.78, 5) is 23.3. The second kappa shape index (κ2) is 8.30. The maximum Gasteiger partial charge on any atom is 0.183 e. The van der Waals surface area contributed by atoms with Gasteiger partial charge in [-0.15, -0.1) is 11.3 Å². The van der Waals surface area contributed by atoms with Crippen LogP contribution in [0, 0.1) is 0 Å². The van der Waals surface area contributed by atoms with Crippen molar-refractivity contribution in [3.05, 3.63) is 29.0 Å². The van der Waals surface area contributed by atoms with Gasteiger partial charge in [0.05, 0.1) is 18.2 Å². The van der Waals surface area contributed by atoms with Gasteiger partial charge in [-0.05, 0) is 44.1 Å². The van der Waals surface area contributed by atoms with Gasteiger partial charge in [-0.25, -0.2) is 15.0 Å². The molecule has 2 aliphatic rings. The highest BCUT2D eigenvalue weighted by Gasteiger charge is 2.25. The number of thiophene rings is 1. The van der Waals surface area contributed by atoms with Gasteiger partial charge in [0.25, 0.3) is 0 Å². The van der Waals surface area contributed by atoms with Gasteiger partial charge in [0.1, 0.15) is 16.3 Å². The first-order valence-corrected chi connectivity index (χ1v) is 11.3. The van der Waals surface area contributed by atoms with E-state index in [0.717, 1.165) is 56.0 Å². The van der Waals surface area contributed by atoms with E-state index in [0.29, 0.717) is 17.6 Å². The number of hydrogen-bond acceptors (Lipinski definition) is 8. The summed E-state index contributed by atoms with van der Waals surface area (Å²) in [6.07, 6.45) is 12.0. The minimum absolute atomic E-state index is 0.229. The van der Waals surface area contributed by atoms with Crippen LogP contribution < -0.4 is 5.32 Å². The van der Waals surface area contributed by atoms with E-state index in [9.17, 15) is 5.11 Å². The van der Waals surface area contributed by atoms with E-state index >= 15 is 0 Å². The fraction of sp³-hybridized carbons (Fsp3) is 0.524. The molecule has 5 rings (SSSR count). The number of aromatic nitrogens is 4. The van der Waals surface area contributed by atoms with E-state index in [1.807, 2.05) is 11.3 Å². The molecule has 1 fully saturated rings. The molecule has 3 aromatic heterocycles. The summed E-state index contributed by atoms with van der Waals surface area (Å²) >= 11 is 1.82. The van der Waals surface area contributed by atoms with E-state index in [4.69, 9.17) is 9.97 Å². The molecule has 7 nitrogen and oxygen atoms in total. The Balaban J connectivity index is 1.51. The Morgan fingerprint density at radius 3 is 2.79 bits per heavy atom. The Hall–Kier alpha value is -2.16. The van der Waals surface area contributed by atoms with E-state index in [2.05, 4.69) is 20.2 Å². The zero-order valence-electron chi connectivity index (χ0n) is 16.5. The van der Waals surface area contributed by atoms with Gasteiger partial charge in [-0.1, -0.05) is 0 Å². The standard InChI is InChI=1S/C21H26N6OS/c28-12-11-27-9-5-14(6-10-27)24-20-18-15-3-1-2-4-17(15)29-21(18)26-19(25-20)16-13-22-7-8-23-16/h7-8,13-14,28H,1-6,9-12H2,(H,24,25,26). The van der Waals surface area contributed by atoms with E-state index < -0.39 is 0 Å². The molecule has 0 bridgehead atoms. The highest BCUT2D eigenvalue weighted by Crippen LogP contribution is 2.39. The lowest BCUT2D eigenvalue weighted by Gasteiger charge is -2.32. The highest BCUT2D eigenvalue weighted by molar-refractivity contribution is 7.19. The Morgan fingerprint density at radius 2 is 2.00 bits per heavy atom. The molecule has 4 heterocycles. The third kappa shape index (κ3) is 3.84. The molecular weight excluding hydrogens is 384 g/mol. The van der Waals surface area contributed by atoms with Crippen molar-refractivity contribution < 1.29 is 5.11 Å². The van der Waals surface area contributed by atoms with Crippen molar-refractivity contribution in [3.8, 4) is 11.5 Å². The van der Waals surface area contributed by atoms with E-state index in [1.54, 1.807) is 18.6 Å². The second-order valence-electron chi connectivity index (χ2n) is 7.86. The molecule has 0 spiro atoms. The Morgan fingerprint density at radius 1 is 1.14 bits per heavy atom. The number of rotatable bonds is 5. The molecule has 0 amide bonds. The molecule has 29 heavy (non-hydrogen) atoms. The molecule has 1 aliphatic carbocycles. The lowest BCUT2D eigenvalue weighted by molar-refractivity contribution is 0.168. The van der Waals surface area contributed by atoms with Crippen molar-refractivity contribution in [1.29, 1.82) is 0 Å². The molecule has 152 valence electrons. The number of β-amino-alcohol motifs (C(OH)–C–C–N with tert-alkyl or cyclic N) is 1. The van der Waals surface area contributed by atoms with Crippen LogP contribution in [0.5, 0.6) is 0 Å². The van der Waals surface area contributed by atoms with Crippen LogP contribution in [-0.2, 0) is 12.8 Å². The molecule has 0 radical (unpaired) electrons. The Bertz CT molecular complexity index is 984. The summed E-state index contributed by atoms with van der Waals surface area (Å²) in [6, 6.07) is 0.386. The second-order valence-corrected chi connectivity index (χ2v) is 8.95. The molecular formula is C21H26N6OS. The summed E-state index contributed by atoms with van der Waals surface area (Å²) in [5, 5.41) is 14.2. The summed E-state index contributed by atoms with van der Waals surface area (Å²) in [7, 11) is 0. The van der Waals surface area contributed by atoms with Crippen molar-refractivity contribution in [1.82, 2.24) is 24.8 Å². The number of hydrogen-bond donors (Lipinski definition) is 2. The van der Waals surface area contributed by atoms with Gasteiger partial charge >= 0.3 is 0 Å². The first-order valence-electron chi connectivity index (χ1n) is 10.5. The van der Waals surface area contributed by atoms with Crippen LogP contribution in [0.1, 0.15) is 36.1 Å². The number of piperidine rings is 1. The number of nitrogens with one attached hydrogen (secondary N) is 1. The summed E-state index contributed by atoms with van der Waals surface area (Å²) in [6.45, 7) is 3.00. The predicted octanol–water partition coefficient (Wildman–Crippen LogP) is 2.90. The number of aryl methyl sites for hydroxylation is 2. The van der Waals surface area contributed by atoms with E-state index in [-0.39, 0.29) is 6.61 Å². The number of aliphatic hydroxyl groups excluding tert-OH is 1. The SMILES string of the molecule is OCCN1CCC(Nc2nc(-c3cnccn3)nc3sc4c(c23)CCCC4)CC1. The molecule has 8 heteroatoms. The number of fused-ring (bicyclic) bond motifs is 3. The quantitative estimate of drug-likeness (QED) is 0.669. The maximum atomic E-state index is 9.18. The smallest absolute Gasteiger partial charge is 0.183 e. The van der Waals surface area contributed by atoms with Gasteiger partial charge < -0.3 is 15.3 Å². The topological polar surface area (TPSA) is 87.1 Å². The zero-order valence-corrected chi connectivity index (χ0v) is 17.3. The average Bonchev–Trinajstić information content (AvgIpc) is 3.15. The number of nitrogens with zero attached hydrogens (tertiary/aromatic N) is 5. The molecule has 0 aromatic carbocycles. The van der Waals surface area contributed by atoms with Crippen molar-refractivity contribution >= 4 is 27.4 Å². The van der Waals surface area contributed by atoms with Crippen molar-refractivity contribution in [2.75, 3.05) is 31.6 Å². The molecule has 1 saturated heterocycles. The third-order valence-corrected chi connectivity index (χ3v) is 7.14. The Labute approximate surface area is 174 Å². The van der Waals surface area contributed by atoms with Crippen molar-refractivity contribution in [3.63, 3.8) is 0 Å². The molecule has 3 aromatic rings. The minimum Gasteiger partial charge on any atom is -0.395 e. The van der Waals surface area contributed by atoms with Crippen LogP contribution in [0.25, 0.3) is 21.7 Å². The lowest BCUT2D eigenvalue weighted by atomic mass is 9.96. The Kier molecular flexibility index (Phi) is 5.39. The average molecular weight is 411 g/mol. The van der Waals surface area contributed by atoms with Gasteiger partial charge in [-0.2, -0.15) is 0 Å². The molecule has 0 unspecified atom stereocenters. The first-order chi connectivity index (χ1) is 14.3. The van der Waals surface area contributed by atoms with Crippen LogP contribution in [0.2, 0.25) is 0 Å². The summed E-state index contributed by atoms with van der Waals surface area (Å²) in [5.41, 5.74) is 2.16. The third-order valence-electron chi connectivity index (χ3n) is 5.95. The maximum absolute atomic E-state index is 9.18. The highest BCUT2D eigenvalue weighted by atomic mass is 32.1. The molecule has 2 N–H and O–H groups in total. The van der Waals surface area contributed by atoms with Gasteiger partial charge in [0.15, 0.2) is 5.82 Å². The largest absolute Gasteiger partial charge is 0.395 e. The van der Waals surface area contributed by atoms with Gasteiger partial charge in [0.2, 0.25) is 0 Å². The number of anilines is 1. The first kappa shape index (κ1) is 18.8. The lowest BCUT2D eigenvalue weighted by Crippen LogP contribution is -2.40. The van der Waals surface area contributed by atoms with Crippen LogP contribution in [0.3, 0.4) is 0 Å². The normalized spacial score (nSPS) is 18.1. The molecule has 1 aliphatic heterocycles. The van der Waals surface area contributed by atoms with Crippen LogP contribution >= 0.6 is 11.3 Å². The zero-order chi connectivity index (χ0) is 19.6. The van der Waals surface area contributed by atoms with Gasteiger partial charge in [-0.3, -0.25) is 4.98 Å². The van der Waals surface area contributed by atoms with E-state index in [1.165, 1.54) is 28.7 Å². The van der Waals surface area contributed by atoms with Crippen LogP contribution in [0.15, 0.2) is 18.6 Å². The number of likely N-dealkylation sites (tertiary alicyclic amines) is 1. The van der Waals surface area contributed by atoms with Crippen LogP contribution in [0.4, 0.5) is 5.82 Å². The summed E-state index contributed by atoms with van der Waals surface area (Å²) < 4.78 is 0. The monoisotopic (exact) mass is 410 g/mol.